The second-order valence-electron chi connectivity index (χ2n) is 3.31. The van der Waals surface area contributed by atoms with Gasteiger partial charge in [-0.25, -0.2) is 0 Å². The van der Waals surface area contributed by atoms with Crippen molar-refractivity contribution in [3.8, 4) is 0 Å². The normalized spacial score (nSPS) is 34.4. The highest BCUT2D eigenvalue weighted by atomic mass is 15.6. The Labute approximate surface area is 60.4 Å². The van der Waals surface area contributed by atoms with Crippen molar-refractivity contribution in [1.82, 2.24) is 5.01 Å². The van der Waals surface area contributed by atoms with Crippen LogP contribution in [0, 0.1) is 5.92 Å². The fourth-order valence-corrected chi connectivity index (χ4v) is 2.29. The number of hydrogen-bond donors (Lipinski definition) is 0. The van der Waals surface area contributed by atoms with Crippen LogP contribution in [0.4, 0.5) is 0 Å². The van der Waals surface area contributed by atoms with Crippen LogP contribution < -0.4 is 0 Å². The second-order valence-corrected chi connectivity index (χ2v) is 3.31. The van der Waals surface area contributed by atoms with Crippen LogP contribution in [0.25, 0.3) is 0 Å². The first-order chi connectivity index (χ1) is 4.95. The molecule has 2 heteroatoms. The van der Waals surface area contributed by atoms with Crippen molar-refractivity contribution in [2.45, 2.75) is 6.42 Å². The predicted octanol–water partition coefficient (Wildman–Crippen LogP) is 0.260. The van der Waals surface area contributed by atoms with Crippen LogP contribution in [0.15, 0.2) is 12.2 Å². The van der Waals surface area contributed by atoms with Gasteiger partial charge in [-0.3, -0.25) is 0 Å². The molecule has 1 unspecified atom stereocenters. The van der Waals surface area contributed by atoms with Crippen LogP contribution in [-0.2, 0) is 0 Å². The molecular formula is C8H11N2+. The molecule has 2 bridgehead atoms. The molecule has 0 spiro atoms. The molecule has 0 aromatic heterocycles. The highest BCUT2D eigenvalue weighted by Gasteiger charge is 2.44. The first-order valence-corrected chi connectivity index (χ1v) is 4.01. The van der Waals surface area contributed by atoms with Crippen LogP contribution in [0.3, 0.4) is 0 Å². The number of hydrazine groups is 1. The lowest BCUT2D eigenvalue weighted by Gasteiger charge is -2.10. The van der Waals surface area contributed by atoms with Gasteiger partial charge in [0.2, 0.25) is 5.71 Å². The van der Waals surface area contributed by atoms with E-state index >= 15 is 0 Å². The molecule has 10 heavy (non-hydrogen) atoms. The summed E-state index contributed by atoms with van der Waals surface area (Å²) < 4.78 is 2.42. The molecule has 3 rings (SSSR count). The Hall–Kier alpha value is -0.790. The number of allylic oxidation sites excluding steroid dienone is 1. The van der Waals surface area contributed by atoms with Crippen molar-refractivity contribution in [2.75, 3.05) is 19.6 Å². The Kier molecular flexibility index (Phi) is 0.712. The van der Waals surface area contributed by atoms with E-state index in [1.807, 2.05) is 0 Å². The first-order valence-electron chi connectivity index (χ1n) is 4.01. The Morgan fingerprint density at radius 3 is 3.50 bits per heavy atom. The molecule has 3 heterocycles. The Morgan fingerprint density at radius 1 is 1.60 bits per heavy atom. The van der Waals surface area contributed by atoms with Gasteiger partial charge in [-0.15, -0.1) is 4.68 Å². The lowest BCUT2D eigenvalue weighted by Crippen LogP contribution is -2.31. The Balaban J connectivity index is 2.12. The average molecular weight is 135 g/mol. The molecule has 0 aliphatic carbocycles. The van der Waals surface area contributed by atoms with E-state index in [9.17, 15) is 0 Å². The minimum Gasteiger partial charge on any atom is -0.185 e. The zero-order valence-corrected chi connectivity index (χ0v) is 5.95. The van der Waals surface area contributed by atoms with Crippen molar-refractivity contribution in [2.24, 2.45) is 5.92 Å². The highest BCUT2D eigenvalue weighted by Crippen LogP contribution is 2.27. The summed E-state index contributed by atoms with van der Waals surface area (Å²) in [7, 11) is 0. The lowest BCUT2D eigenvalue weighted by molar-refractivity contribution is -0.670. The van der Waals surface area contributed by atoms with Crippen molar-refractivity contribution in [1.29, 1.82) is 0 Å². The van der Waals surface area contributed by atoms with Crippen LogP contribution in [0.2, 0.25) is 0 Å². The molecule has 1 atom stereocenters. The van der Waals surface area contributed by atoms with E-state index in [1.54, 1.807) is 5.71 Å². The van der Waals surface area contributed by atoms with Gasteiger partial charge in [0, 0.05) is 6.08 Å². The summed E-state index contributed by atoms with van der Waals surface area (Å²) in [6, 6.07) is 0. The van der Waals surface area contributed by atoms with E-state index < -0.39 is 0 Å². The van der Waals surface area contributed by atoms with E-state index in [4.69, 9.17) is 0 Å². The smallest absolute Gasteiger partial charge is 0.185 e. The fourth-order valence-electron chi connectivity index (χ4n) is 2.29. The van der Waals surface area contributed by atoms with Gasteiger partial charge in [-0.1, -0.05) is 0 Å². The van der Waals surface area contributed by atoms with E-state index in [2.05, 4.69) is 21.8 Å². The number of nitrogens with zero attached hydrogens (tertiary/aromatic N) is 2. The monoisotopic (exact) mass is 135 g/mol. The summed E-state index contributed by atoms with van der Waals surface area (Å²) >= 11 is 0. The van der Waals surface area contributed by atoms with Crippen molar-refractivity contribution in [3.63, 3.8) is 0 Å². The second kappa shape index (κ2) is 1.44. The molecule has 0 radical (unpaired) electrons. The molecular weight excluding hydrogens is 124 g/mol. The molecule has 0 N–H and O–H groups in total. The maximum atomic E-state index is 2.47. The maximum Gasteiger partial charge on any atom is 0.211 e. The fraction of sp³-hybridized carbons (Fsp3) is 0.625. The van der Waals surface area contributed by atoms with Gasteiger partial charge in [0.1, 0.15) is 0 Å². The molecule has 0 saturated carbocycles. The highest BCUT2D eigenvalue weighted by molar-refractivity contribution is 5.95. The zero-order valence-electron chi connectivity index (χ0n) is 5.95. The standard InChI is InChI=1S/C8H11N2/c1-2-8-7-3-5-9(6-7)10(8)4-1/h1-2,7H,3-6H2/q+1. The largest absolute Gasteiger partial charge is 0.211 e. The molecule has 0 amide bonds. The summed E-state index contributed by atoms with van der Waals surface area (Å²) in [5.41, 5.74) is 1.58. The van der Waals surface area contributed by atoms with Crippen LogP contribution in [-0.4, -0.2) is 35.0 Å². The summed E-state index contributed by atoms with van der Waals surface area (Å²) in [6.45, 7) is 3.71. The number of hydrazone groups is 1. The minimum atomic E-state index is 0.874. The quantitative estimate of drug-likeness (QED) is 0.432. The first kappa shape index (κ1) is 4.94. The zero-order chi connectivity index (χ0) is 6.55. The molecule has 2 nitrogen and oxygen atoms in total. The van der Waals surface area contributed by atoms with Gasteiger partial charge < -0.3 is 0 Å². The van der Waals surface area contributed by atoms with Gasteiger partial charge >= 0.3 is 0 Å². The van der Waals surface area contributed by atoms with Gasteiger partial charge in [0.05, 0.1) is 19.0 Å². The summed E-state index contributed by atoms with van der Waals surface area (Å²) in [4.78, 5) is 0. The van der Waals surface area contributed by atoms with E-state index in [-0.39, 0.29) is 0 Å². The molecule has 1 fully saturated rings. The third-order valence-electron chi connectivity index (χ3n) is 2.79. The van der Waals surface area contributed by atoms with Crippen molar-refractivity contribution < 1.29 is 4.68 Å². The van der Waals surface area contributed by atoms with Crippen LogP contribution in [0.5, 0.6) is 0 Å². The van der Waals surface area contributed by atoms with Crippen LogP contribution in [0.1, 0.15) is 6.42 Å². The van der Waals surface area contributed by atoms with Crippen molar-refractivity contribution >= 4 is 5.71 Å². The third kappa shape index (κ3) is 0.405. The average Bonchev–Trinajstić information content (AvgIpc) is 2.60. The minimum absolute atomic E-state index is 0.874. The van der Waals surface area contributed by atoms with Gasteiger partial charge in [-0.05, 0) is 12.5 Å². The van der Waals surface area contributed by atoms with Crippen molar-refractivity contribution in [3.05, 3.63) is 12.2 Å². The van der Waals surface area contributed by atoms with Gasteiger partial charge in [-0.2, -0.15) is 5.01 Å². The molecule has 0 aromatic rings. The molecule has 1 saturated heterocycles. The molecule has 3 aliphatic rings. The van der Waals surface area contributed by atoms with Gasteiger partial charge in [0.25, 0.3) is 0 Å². The van der Waals surface area contributed by atoms with E-state index in [1.165, 1.54) is 19.5 Å². The van der Waals surface area contributed by atoms with Gasteiger partial charge in [0.15, 0.2) is 6.54 Å². The maximum absolute atomic E-state index is 2.47. The topological polar surface area (TPSA) is 6.25 Å². The van der Waals surface area contributed by atoms with Crippen LogP contribution >= 0.6 is 0 Å². The summed E-state index contributed by atoms with van der Waals surface area (Å²) in [5, 5.41) is 2.47. The summed E-state index contributed by atoms with van der Waals surface area (Å²) in [6.07, 6.45) is 5.94. The molecule has 0 aromatic carbocycles. The van der Waals surface area contributed by atoms with E-state index in [0.29, 0.717) is 0 Å². The number of fused-ring (bicyclic) bond motifs is 4. The third-order valence-corrected chi connectivity index (χ3v) is 2.79. The number of rotatable bonds is 0. The molecule has 52 valence electrons. The predicted molar refractivity (Wildman–Crippen MR) is 39.0 cm³/mol. The molecule has 3 aliphatic heterocycles. The number of hydrogen-bond acceptors (Lipinski definition) is 1. The SMILES string of the molecule is C1=CC2=[N+](C1)N1CCC2C1. The Bertz CT molecular complexity index is 240. The summed E-state index contributed by atoms with van der Waals surface area (Å²) in [5.74, 6) is 0.874. The Morgan fingerprint density at radius 2 is 2.60 bits per heavy atom. The van der Waals surface area contributed by atoms with E-state index in [0.717, 1.165) is 12.5 Å². The lowest BCUT2D eigenvalue weighted by atomic mass is 10.0.